The van der Waals surface area contributed by atoms with Crippen LogP contribution in [0.2, 0.25) is 0 Å². The van der Waals surface area contributed by atoms with Crippen LogP contribution >= 0.6 is 0 Å². The van der Waals surface area contributed by atoms with Gasteiger partial charge in [0.15, 0.2) is 5.82 Å². The zero-order valence-electron chi connectivity index (χ0n) is 10.4. The van der Waals surface area contributed by atoms with E-state index >= 15 is 0 Å². The predicted molar refractivity (Wildman–Crippen MR) is 69.4 cm³/mol. The molecule has 0 aromatic carbocycles. The number of hydrogen-bond acceptors (Lipinski definition) is 5. The lowest BCUT2D eigenvalue weighted by Gasteiger charge is -2.32. The molecule has 1 aliphatic heterocycles. The predicted octanol–water partition coefficient (Wildman–Crippen LogP) is 0.689. The highest BCUT2D eigenvalue weighted by molar-refractivity contribution is 5.63. The van der Waals surface area contributed by atoms with Crippen LogP contribution in [0.25, 0.3) is 5.65 Å². The molecule has 0 unspecified atom stereocenters. The van der Waals surface area contributed by atoms with Gasteiger partial charge in [0.1, 0.15) is 6.33 Å². The molecule has 2 aromatic rings. The molecule has 2 N–H and O–H groups in total. The second-order valence-corrected chi connectivity index (χ2v) is 4.82. The summed E-state index contributed by atoms with van der Waals surface area (Å²) in [5, 5.41) is 8.07. The summed E-state index contributed by atoms with van der Waals surface area (Å²) >= 11 is 0. The highest BCUT2D eigenvalue weighted by Gasteiger charge is 2.21. The van der Waals surface area contributed by atoms with Crippen molar-refractivity contribution in [2.45, 2.75) is 19.3 Å². The van der Waals surface area contributed by atoms with Crippen LogP contribution in [0.4, 0.5) is 5.82 Å². The molecular formula is C12H18N6. The van der Waals surface area contributed by atoms with Crippen LogP contribution in [-0.4, -0.2) is 39.2 Å². The number of piperidine rings is 1. The number of fused-ring (bicyclic) bond motifs is 1. The Hall–Kier alpha value is -1.69. The van der Waals surface area contributed by atoms with Gasteiger partial charge < -0.3 is 10.6 Å². The van der Waals surface area contributed by atoms with E-state index < -0.39 is 0 Å². The van der Waals surface area contributed by atoms with Crippen LogP contribution in [0.5, 0.6) is 0 Å². The molecule has 0 radical (unpaired) electrons. The molecule has 0 amide bonds. The van der Waals surface area contributed by atoms with Gasteiger partial charge in [-0.05, 0) is 31.7 Å². The Morgan fingerprint density at radius 2 is 2.17 bits per heavy atom. The van der Waals surface area contributed by atoms with Gasteiger partial charge in [0, 0.05) is 25.5 Å². The van der Waals surface area contributed by atoms with Crippen LogP contribution in [0.1, 0.15) is 19.3 Å². The van der Waals surface area contributed by atoms with Crippen LogP contribution in [0.3, 0.4) is 0 Å². The SMILES string of the molecule is NCCC1CCN(c2nccn3cnnc23)CC1. The third kappa shape index (κ3) is 2.03. The molecule has 0 aliphatic carbocycles. The summed E-state index contributed by atoms with van der Waals surface area (Å²) in [7, 11) is 0. The fraction of sp³-hybridized carbons (Fsp3) is 0.583. The van der Waals surface area contributed by atoms with E-state index in [0.717, 1.165) is 43.4 Å². The van der Waals surface area contributed by atoms with Crippen molar-refractivity contribution in [2.75, 3.05) is 24.5 Å². The summed E-state index contributed by atoms with van der Waals surface area (Å²) in [5.74, 6) is 1.71. The average molecular weight is 246 g/mol. The number of nitrogens with two attached hydrogens (primary N) is 1. The molecule has 2 aromatic heterocycles. The average Bonchev–Trinajstić information content (AvgIpc) is 2.88. The first-order valence-corrected chi connectivity index (χ1v) is 6.48. The van der Waals surface area contributed by atoms with Gasteiger partial charge in [0.2, 0.25) is 5.65 Å². The van der Waals surface area contributed by atoms with E-state index in [-0.39, 0.29) is 0 Å². The first-order chi connectivity index (χ1) is 8.88. The lowest BCUT2D eigenvalue weighted by atomic mass is 9.94. The molecule has 1 saturated heterocycles. The van der Waals surface area contributed by atoms with Gasteiger partial charge in [-0.25, -0.2) is 4.98 Å². The number of aromatic nitrogens is 4. The Labute approximate surface area is 106 Å². The maximum absolute atomic E-state index is 5.62. The van der Waals surface area contributed by atoms with Gasteiger partial charge in [0.05, 0.1) is 0 Å². The zero-order valence-corrected chi connectivity index (χ0v) is 10.4. The minimum Gasteiger partial charge on any atom is -0.353 e. The maximum Gasteiger partial charge on any atom is 0.203 e. The van der Waals surface area contributed by atoms with Crippen molar-refractivity contribution >= 4 is 11.5 Å². The van der Waals surface area contributed by atoms with Crippen LogP contribution in [0.15, 0.2) is 18.7 Å². The van der Waals surface area contributed by atoms with E-state index in [0.29, 0.717) is 0 Å². The van der Waals surface area contributed by atoms with Crippen molar-refractivity contribution in [3.8, 4) is 0 Å². The van der Waals surface area contributed by atoms with Gasteiger partial charge in [-0.2, -0.15) is 0 Å². The molecule has 0 atom stereocenters. The summed E-state index contributed by atoms with van der Waals surface area (Å²) in [6.07, 6.45) is 8.90. The third-order valence-electron chi connectivity index (χ3n) is 3.69. The standard InChI is InChI=1S/C12H18N6/c13-4-1-10-2-6-17(7-3-10)11-12-16-15-9-18(12)8-5-14-11/h5,8-10H,1-4,6-7,13H2. The Morgan fingerprint density at radius 3 is 2.94 bits per heavy atom. The van der Waals surface area contributed by atoms with E-state index in [9.17, 15) is 0 Å². The molecule has 6 heteroatoms. The van der Waals surface area contributed by atoms with E-state index in [2.05, 4.69) is 20.1 Å². The van der Waals surface area contributed by atoms with Crippen molar-refractivity contribution in [2.24, 2.45) is 11.7 Å². The molecule has 1 aliphatic rings. The quantitative estimate of drug-likeness (QED) is 0.862. The minimum atomic E-state index is 0.767. The van der Waals surface area contributed by atoms with Crippen molar-refractivity contribution in [3.05, 3.63) is 18.7 Å². The Bertz CT molecular complexity index is 514. The normalized spacial score (nSPS) is 17.5. The second-order valence-electron chi connectivity index (χ2n) is 4.82. The topological polar surface area (TPSA) is 72.3 Å². The van der Waals surface area contributed by atoms with Gasteiger partial charge >= 0.3 is 0 Å². The summed E-state index contributed by atoms with van der Waals surface area (Å²) in [5.41, 5.74) is 6.46. The zero-order chi connectivity index (χ0) is 12.4. The van der Waals surface area contributed by atoms with Crippen molar-refractivity contribution in [3.63, 3.8) is 0 Å². The van der Waals surface area contributed by atoms with Crippen molar-refractivity contribution < 1.29 is 0 Å². The molecule has 3 heterocycles. The molecule has 18 heavy (non-hydrogen) atoms. The van der Waals surface area contributed by atoms with Crippen molar-refractivity contribution in [1.29, 1.82) is 0 Å². The highest BCUT2D eigenvalue weighted by Crippen LogP contribution is 2.25. The fourth-order valence-electron chi connectivity index (χ4n) is 2.64. The fourth-order valence-corrected chi connectivity index (χ4v) is 2.64. The smallest absolute Gasteiger partial charge is 0.203 e. The molecule has 1 fully saturated rings. The second kappa shape index (κ2) is 4.89. The van der Waals surface area contributed by atoms with Gasteiger partial charge in [-0.1, -0.05) is 0 Å². The number of anilines is 1. The molecular weight excluding hydrogens is 228 g/mol. The van der Waals surface area contributed by atoms with E-state index in [1.165, 1.54) is 12.8 Å². The lowest BCUT2D eigenvalue weighted by Crippen LogP contribution is -2.35. The van der Waals surface area contributed by atoms with Gasteiger partial charge in [-0.3, -0.25) is 4.40 Å². The van der Waals surface area contributed by atoms with Gasteiger partial charge in [0.25, 0.3) is 0 Å². The van der Waals surface area contributed by atoms with E-state index in [1.54, 1.807) is 12.5 Å². The Balaban J connectivity index is 1.78. The maximum atomic E-state index is 5.62. The Morgan fingerprint density at radius 1 is 1.33 bits per heavy atom. The minimum absolute atomic E-state index is 0.767. The largest absolute Gasteiger partial charge is 0.353 e. The first kappa shape index (κ1) is 11.4. The Kier molecular flexibility index (Phi) is 3.10. The molecule has 0 bridgehead atoms. The van der Waals surface area contributed by atoms with Crippen LogP contribution in [0, 0.1) is 5.92 Å². The summed E-state index contributed by atoms with van der Waals surface area (Å²) < 4.78 is 1.91. The summed E-state index contributed by atoms with van der Waals surface area (Å²) in [6, 6.07) is 0. The van der Waals surface area contributed by atoms with Crippen molar-refractivity contribution in [1.82, 2.24) is 19.6 Å². The number of hydrogen-bond donors (Lipinski definition) is 1. The molecule has 6 nitrogen and oxygen atoms in total. The summed E-state index contributed by atoms with van der Waals surface area (Å²) in [6.45, 7) is 2.86. The van der Waals surface area contributed by atoms with E-state index in [4.69, 9.17) is 5.73 Å². The lowest BCUT2D eigenvalue weighted by molar-refractivity contribution is 0.385. The van der Waals surface area contributed by atoms with Crippen LogP contribution < -0.4 is 10.6 Å². The highest BCUT2D eigenvalue weighted by atomic mass is 15.3. The van der Waals surface area contributed by atoms with Crippen LogP contribution in [-0.2, 0) is 0 Å². The molecule has 96 valence electrons. The summed E-state index contributed by atoms with van der Waals surface area (Å²) in [4.78, 5) is 6.75. The molecule has 0 spiro atoms. The first-order valence-electron chi connectivity index (χ1n) is 6.48. The number of nitrogens with zero attached hydrogens (tertiary/aromatic N) is 5. The number of rotatable bonds is 3. The molecule has 0 saturated carbocycles. The monoisotopic (exact) mass is 246 g/mol. The van der Waals surface area contributed by atoms with E-state index in [1.807, 2.05) is 10.6 Å². The third-order valence-corrected chi connectivity index (χ3v) is 3.69. The molecule has 3 rings (SSSR count). The van der Waals surface area contributed by atoms with Gasteiger partial charge in [-0.15, -0.1) is 10.2 Å².